The van der Waals surface area contributed by atoms with Crippen LogP contribution in [0.25, 0.3) is 0 Å². The number of ether oxygens (including phenoxy) is 3. The molecule has 0 amide bonds. The van der Waals surface area contributed by atoms with Gasteiger partial charge in [0.05, 0.1) is 12.2 Å². The minimum absolute atomic E-state index is 0.0212. The summed E-state index contributed by atoms with van der Waals surface area (Å²) in [5.74, 6) is 1.72. The van der Waals surface area contributed by atoms with Gasteiger partial charge in [-0.2, -0.15) is 0 Å². The third kappa shape index (κ3) is 9.56. The van der Waals surface area contributed by atoms with Gasteiger partial charge in [-0.1, -0.05) is 26.0 Å². The quantitative estimate of drug-likeness (QED) is 0.565. The molecule has 1 unspecified atom stereocenters. The van der Waals surface area contributed by atoms with E-state index in [2.05, 4.69) is 52.1 Å². The van der Waals surface area contributed by atoms with E-state index in [1.54, 1.807) is 0 Å². The molecule has 1 aliphatic carbocycles. The van der Waals surface area contributed by atoms with Gasteiger partial charge in [-0.3, -0.25) is 0 Å². The third-order valence-electron chi connectivity index (χ3n) is 4.22. The molecular formula is C22H37NO3. The molecule has 0 heterocycles. The Kier molecular flexibility index (Phi) is 8.39. The van der Waals surface area contributed by atoms with Crippen LogP contribution < -0.4 is 10.1 Å². The predicted octanol–water partition coefficient (Wildman–Crippen LogP) is 4.22. The van der Waals surface area contributed by atoms with E-state index >= 15 is 0 Å². The fourth-order valence-corrected chi connectivity index (χ4v) is 2.67. The Morgan fingerprint density at radius 2 is 1.81 bits per heavy atom. The lowest BCUT2D eigenvalue weighted by Gasteiger charge is -2.28. The molecule has 1 N–H and O–H groups in total. The predicted molar refractivity (Wildman–Crippen MR) is 107 cm³/mol. The lowest BCUT2D eigenvalue weighted by molar-refractivity contribution is -0.0748. The molecule has 0 aromatic heterocycles. The van der Waals surface area contributed by atoms with Crippen LogP contribution in [0.1, 0.15) is 53.0 Å². The van der Waals surface area contributed by atoms with Gasteiger partial charge < -0.3 is 19.5 Å². The first-order chi connectivity index (χ1) is 12.3. The van der Waals surface area contributed by atoms with Crippen LogP contribution in [-0.2, 0) is 15.9 Å². The standard InChI is InChI=1S/C22H37NO3/c1-17(2)23-14-21(26-22(3,4)5)16-25-20-10-8-18(9-11-20)12-13-24-15-19-6-7-19/h8-11,17,19,21,23H,6-7,12-16H2,1-5H3. The molecule has 0 radical (unpaired) electrons. The highest BCUT2D eigenvalue weighted by Crippen LogP contribution is 2.28. The summed E-state index contributed by atoms with van der Waals surface area (Å²) in [6.07, 6.45) is 3.67. The molecule has 1 atom stereocenters. The van der Waals surface area contributed by atoms with Crippen molar-refractivity contribution in [3.63, 3.8) is 0 Å². The van der Waals surface area contributed by atoms with Crippen molar-refractivity contribution >= 4 is 0 Å². The molecule has 1 saturated carbocycles. The Morgan fingerprint density at radius 3 is 2.38 bits per heavy atom. The molecule has 0 spiro atoms. The van der Waals surface area contributed by atoms with Gasteiger partial charge in [-0.25, -0.2) is 0 Å². The molecule has 1 aromatic rings. The van der Waals surface area contributed by atoms with Gasteiger partial charge in [0.25, 0.3) is 0 Å². The molecular weight excluding hydrogens is 326 g/mol. The van der Waals surface area contributed by atoms with E-state index in [1.165, 1.54) is 18.4 Å². The van der Waals surface area contributed by atoms with Crippen molar-refractivity contribution in [3.8, 4) is 5.75 Å². The monoisotopic (exact) mass is 363 g/mol. The van der Waals surface area contributed by atoms with Crippen LogP contribution in [0.15, 0.2) is 24.3 Å². The van der Waals surface area contributed by atoms with Gasteiger partial charge in [0.1, 0.15) is 18.5 Å². The van der Waals surface area contributed by atoms with E-state index in [4.69, 9.17) is 14.2 Å². The van der Waals surface area contributed by atoms with Crippen LogP contribution in [0, 0.1) is 5.92 Å². The maximum Gasteiger partial charge on any atom is 0.119 e. The Balaban J connectivity index is 1.73. The lowest BCUT2D eigenvalue weighted by atomic mass is 10.1. The molecule has 1 aliphatic rings. The largest absolute Gasteiger partial charge is 0.491 e. The highest BCUT2D eigenvalue weighted by Gasteiger charge is 2.21. The molecule has 148 valence electrons. The summed E-state index contributed by atoms with van der Waals surface area (Å²) in [5, 5.41) is 3.44. The van der Waals surface area contributed by atoms with Gasteiger partial charge >= 0.3 is 0 Å². The van der Waals surface area contributed by atoms with Crippen LogP contribution in [0.5, 0.6) is 5.75 Å². The Morgan fingerprint density at radius 1 is 1.12 bits per heavy atom. The van der Waals surface area contributed by atoms with Gasteiger partial charge in [-0.05, 0) is 63.6 Å². The molecule has 4 heteroatoms. The van der Waals surface area contributed by atoms with Crippen LogP contribution in [0.3, 0.4) is 0 Å². The van der Waals surface area contributed by atoms with Crippen molar-refractivity contribution in [2.24, 2.45) is 5.92 Å². The van der Waals surface area contributed by atoms with Crippen molar-refractivity contribution in [2.75, 3.05) is 26.4 Å². The van der Waals surface area contributed by atoms with Crippen molar-refractivity contribution in [1.82, 2.24) is 5.32 Å². The summed E-state index contributed by atoms with van der Waals surface area (Å²) < 4.78 is 17.8. The van der Waals surface area contributed by atoms with Crippen LogP contribution in [0.4, 0.5) is 0 Å². The first kappa shape index (κ1) is 21.2. The first-order valence-corrected chi connectivity index (χ1v) is 10.0. The fourth-order valence-electron chi connectivity index (χ4n) is 2.67. The summed E-state index contributed by atoms with van der Waals surface area (Å²) in [7, 11) is 0. The number of nitrogens with one attached hydrogen (secondary N) is 1. The number of hydrogen-bond donors (Lipinski definition) is 1. The minimum Gasteiger partial charge on any atom is -0.491 e. The summed E-state index contributed by atoms with van der Waals surface area (Å²) in [6, 6.07) is 8.77. The Labute approximate surface area is 159 Å². The van der Waals surface area contributed by atoms with E-state index in [9.17, 15) is 0 Å². The number of hydrogen-bond acceptors (Lipinski definition) is 4. The summed E-state index contributed by atoms with van der Waals surface area (Å²) in [6.45, 7) is 13.6. The zero-order valence-corrected chi connectivity index (χ0v) is 17.2. The highest BCUT2D eigenvalue weighted by molar-refractivity contribution is 5.27. The van der Waals surface area contributed by atoms with Crippen LogP contribution in [0.2, 0.25) is 0 Å². The highest BCUT2D eigenvalue weighted by atomic mass is 16.5. The smallest absolute Gasteiger partial charge is 0.119 e. The average molecular weight is 364 g/mol. The molecule has 2 rings (SSSR count). The summed E-state index contributed by atoms with van der Waals surface area (Å²) >= 11 is 0. The zero-order valence-electron chi connectivity index (χ0n) is 17.2. The Bertz CT molecular complexity index is 503. The van der Waals surface area contributed by atoms with Crippen molar-refractivity contribution in [3.05, 3.63) is 29.8 Å². The molecule has 0 saturated heterocycles. The van der Waals surface area contributed by atoms with E-state index < -0.39 is 0 Å². The van der Waals surface area contributed by atoms with Gasteiger partial charge in [-0.15, -0.1) is 0 Å². The summed E-state index contributed by atoms with van der Waals surface area (Å²) in [5.41, 5.74) is 1.11. The van der Waals surface area contributed by atoms with Crippen molar-refractivity contribution in [2.45, 2.75) is 71.6 Å². The first-order valence-electron chi connectivity index (χ1n) is 10.0. The maximum absolute atomic E-state index is 6.12. The number of rotatable bonds is 12. The normalized spacial score (nSPS) is 16.1. The molecule has 0 bridgehead atoms. The van der Waals surface area contributed by atoms with Crippen molar-refractivity contribution in [1.29, 1.82) is 0 Å². The Hall–Kier alpha value is -1.10. The molecule has 1 fully saturated rings. The van der Waals surface area contributed by atoms with Crippen LogP contribution >= 0.6 is 0 Å². The molecule has 26 heavy (non-hydrogen) atoms. The second-order valence-electron chi connectivity index (χ2n) is 8.64. The molecule has 0 aliphatic heterocycles. The second kappa shape index (κ2) is 10.3. The summed E-state index contributed by atoms with van der Waals surface area (Å²) in [4.78, 5) is 0. The van der Waals surface area contributed by atoms with Crippen LogP contribution in [-0.4, -0.2) is 44.1 Å². The maximum atomic E-state index is 6.12. The topological polar surface area (TPSA) is 39.7 Å². The van der Waals surface area contributed by atoms with Gasteiger partial charge in [0.2, 0.25) is 0 Å². The SMILES string of the molecule is CC(C)NCC(COc1ccc(CCOCC2CC2)cc1)OC(C)(C)C. The second-order valence-corrected chi connectivity index (χ2v) is 8.64. The van der Waals surface area contributed by atoms with Crippen molar-refractivity contribution < 1.29 is 14.2 Å². The molecule has 1 aromatic carbocycles. The van der Waals surface area contributed by atoms with E-state index in [1.807, 2.05) is 12.1 Å². The van der Waals surface area contributed by atoms with Gasteiger partial charge in [0, 0.05) is 19.2 Å². The van der Waals surface area contributed by atoms with Gasteiger partial charge in [0.15, 0.2) is 0 Å². The fraction of sp³-hybridized carbons (Fsp3) is 0.727. The minimum atomic E-state index is -0.184. The average Bonchev–Trinajstić information content (AvgIpc) is 3.38. The van der Waals surface area contributed by atoms with E-state index in [0.717, 1.165) is 37.8 Å². The lowest BCUT2D eigenvalue weighted by Crippen LogP contribution is -2.41. The van der Waals surface area contributed by atoms with E-state index in [0.29, 0.717) is 12.6 Å². The third-order valence-corrected chi connectivity index (χ3v) is 4.22. The number of benzene rings is 1. The zero-order chi connectivity index (χ0) is 19.0. The van der Waals surface area contributed by atoms with E-state index in [-0.39, 0.29) is 11.7 Å². The molecule has 4 nitrogen and oxygen atoms in total.